The molecule has 7 nitrogen and oxygen atoms in total. The standard InChI is InChI=1S/C18H23N5O2/c1-3-25-18(24)15-10-19-17-14(11-20-21(17)2)16(15)23-9-6-13(12-23)22-7-4-5-8-22/h4-5,10-11,13H,3,6-9,12H2,1-2H3. The summed E-state index contributed by atoms with van der Waals surface area (Å²) in [5, 5.41) is 5.24. The van der Waals surface area contributed by atoms with E-state index >= 15 is 0 Å². The van der Waals surface area contributed by atoms with Crippen molar-refractivity contribution >= 4 is 22.7 Å². The van der Waals surface area contributed by atoms with E-state index in [0.717, 1.165) is 49.3 Å². The molecule has 0 amide bonds. The maximum absolute atomic E-state index is 12.5. The van der Waals surface area contributed by atoms with Gasteiger partial charge in [0, 0.05) is 45.5 Å². The Bertz CT molecular complexity index is 820. The fraction of sp³-hybridized carbons (Fsp3) is 0.500. The van der Waals surface area contributed by atoms with Crippen LogP contribution in [0.5, 0.6) is 0 Å². The molecule has 0 aliphatic carbocycles. The largest absolute Gasteiger partial charge is 0.462 e. The molecule has 1 atom stereocenters. The van der Waals surface area contributed by atoms with Gasteiger partial charge in [0.2, 0.25) is 0 Å². The molecule has 0 radical (unpaired) electrons. The van der Waals surface area contributed by atoms with Gasteiger partial charge in [-0.05, 0) is 13.3 Å². The second-order valence-corrected chi connectivity index (χ2v) is 6.56. The first-order valence-electron chi connectivity index (χ1n) is 8.81. The minimum absolute atomic E-state index is 0.318. The molecule has 1 saturated heterocycles. The predicted molar refractivity (Wildman–Crippen MR) is 95.8 cm³/mol. The number of anilines is 1. The van der Waals surface area contributed by atoms with Crippen molar-refractivity contribution in [2.24, 2.45) is 7.05 Å². The van der Waals surface area contributed by atoms with Crippen molar-refractivity contribution in [3.63, 3.8) is 0 Å². The number of esters is 1. The van der Waals surface area contributed by atoms with Gasteiger partial charge in [-0.25, -0.2) is 9.78 Å². The highest BCUT2D eigenvalue weighted by Crippen LogP contribution is 2.33. The van der Waals surface area contributed by atoms with Crippen LogP contribution in [0.2, 0.25) is 0 Å². The van der Waals surface area contributed by atoms with E-state index < -0.39 is 0 Å². The lowest BCUT2D eigenvalue weighted by Gasteiger charge is -2.25. The third-order valence-corrected chi connectivity index (χ3v) is 5.07. The van der Waals surface area contributed by atoms with Gasteiger partial charge >= 0.3 is 5.97 Å². The number of hydrogen-bond acceptors (Lipinski definition) is 6. The quantitative estimate of drug-likeness (QED) is 0.622. The lowest BCUT2D eigenvalue weighted by Crippen LogP contribution is -2.36. The van der Waals surface area contributed by atoms with Crippen LogP contribution in [0.15, 0.2) is 24.5 Å². The van der Waals surface area contributed by atoms with E-state index in [4.69, 9.17) is 4.74 Å². The molecule has 0 bridgehead atoms. The second kappa shape index (κ2) is 6.48. The summed E-state index contributed by atoms with van der Waals surface area (Å²) in [5.74, 6) is -0.318. The number of carbonyl (C=O) groups excluding carboxylic acids is 1. The van der Waals surface area contributed by atoms with E-state index in [0.29, 0.717) is 18.2 Å². The van der Waals surface area contributed by atoms with Gasteiger partial charge in [-0.15, -0.1) is 0 Å². The molecule has 25 heavy (non-hydrogen) atoms. The summed E-state index contributed by atoms with van der Waals surface area (Å²) in [7, 11) is 1.87. The second-order valence-electron chi connectivity index (χ2n) is 6.56. The van der Waals surface area contributed by atoms with Gasteiger partial charge in [0.15, 0.2) is 5.65 Å². The summed E-state index contributed by atoms with van der Waals surface area (Å²) in [5.41, 5.74) is 2.23. The van der Waals surface area contributed by atoms with Crippen LogP contribution >= 0.6 is 0 Å². The van der Waals surface area contributed by atoms with E-state index in [1.165, 1.54) is 0 Å². The number of hydrogen-bond donors (Lipinski definition) is 0. The van der Waals surface area contributed by atoms with Crippen LogP contribution in [0.25, 0.3) is 11.0 Å². The highest BCUT2D eigenvalue weighted by Gasteiger charge is 2.32. The van der Waals surface area contributed by atoms with Crippen LogP contribution in [0.4, 0.5) is 5.69 Å². The minimum Gasteiger partial charge on any atom is -0.462 e. The Kier molecular flexibility index (Phi) is 4.17. The van der Waals surface area contributed by atoms with Crippen LogP contribution < -0.4 is 4.90 Å². The molecule has 4 rings (SSSR count). The van der Waals surface area contributed by atoms with Gasteiger partial charge in [-0.2, -0.15) is 5.10 Å². The first-order chi connectivity index (χ1) is 12.2. The van der Waals surface area contributed by atoms with Crippen molar-refractivity contribution in [3.8, 4) is 0 Å². The van der Waals surface area contributed by atoms with E-state index in [1.807, 2.05) is 14.0 Å². The summed E-state index contributed by atoms with van der Waals surface area (Å²) in [4.78, 5) is 21.7. The normalized spacial score (nSPS) is 20.7. The zero-order chi connectivity index (χ0) is 17.4. The molecular formula is C18H23N5O2. The fourth-order valence-corrected chi connectivity index (χ4v) is 3.82. The van der Waals surface area contributed by atoms with Crippen LogP contribution in [-0.4, -0.2) is 64.5 Å². The van der Waals surface area contributed by atoms with Crippen LogP contribution in [0, 0.1) is 0 Å². The average Bonchev–Trinajstić information content (AvgIpc) is 3.35. The Hall–Kier alpha value is -2.41. The number of nitrogens with zero attached hydrogens (tertiary/aromatic N) is 5. The van der Waals surface area contributed by atoms with Crippen molar-refractivity contribution < 1.29 is 9.53 Å². The van der Waals surface area contributed by atoms with Gasteiger partial charge in [0.1, 0.15) is 5.56 Å². The first-order valence-corrected chi connectivity index (χ1v) is 8.81. The van der Waals surface area contributed by atoms with E-state index in [2.05, 4.69) is 32.0 Å². The number of aromatic nitrogens is 3. The molecule has 4 heterocycles. The summed E-state index contributed by atoms with van der Waals surface area (Å²) >= 11 is 0. The first kappa shape index (κ1) is 16.1. The molecule has 2 aliphatic rings. The molecule has 2 aliphatic heterocycles. The van der Waals surface area contributed by atoms with Crippen LogP contribution in [0.3, 0.4) is 0 Å². The van der Waals surface area contributed by atoms with Crippen molar-refractivity contribution in [3.05, 3.63) is 30.1 Å². The van der Waals surface area contributed by atoms with Crippen molar-refractivity contribution in [2.45, 2.75) is 19.4 Å². The van der Waals surface area contributed by atoms with Gasteiger partial charge in [0.25, 0.3) is 0 Å². The lowest BCUT2D eigenvalue weighted by atomic mass is 10.1. The predicted octanol–water partition coefficient (Wildman–Crippen LogP) is 1.60. The Morgan fingerprint density at radius 2 is 2.12 bits per heavy atom. The molecule has 0 aromatic carbocycles. The molecule has 0 saturated carbocycles. The number of aryl methyl sites for hydroxylation is 1. The summed E-state index contributed by atoms with van der Waals surface area (Å²) in [6.45, 7) is 6.03. The zero-order valence-corrected chi connectivity index (χ0v) is 14.7. The maximum Gasteiger partial charge on any atom is 0.341 e. The smallest absolute Gasteiger partial charge is 0.341 e. The number of carbonyl (C=O) groups is 1. The lowest BCUT2D eigenvalue weighted by molar-refractivity contribution is 0.0527. The Labute approximate surface area is 146 Å². The van der Waals surface area contributed by atoms with Crippen molar-refractivity contribution in [1.29, 1.82) is 0 Å². The van der Waals surface area contributed by atoms with Crippen LogP contribution in [0.1, 0.15) is 23.7 Å². The molecule has 0 spiro atoms. The van der Waals surface area contributed by atoms with Gasteiger partial charge in [-0.3, -0.25) is 9.58 Å². The SMILES string of the molecule is CCOC(=O)c1cnc2c(cnn2C)c1N1CCC(N2CC=CC2)C1. The Balaban J connectivity index is 1.71. The van der Waals surface area contributed by atoms with Gasteiger partial charge in [-0.1, -0.05) is 12.2 Å². The molecular weight excluding hydrogens is 318 g/mol. The average molecular weight is 341 g/mol. The van der Waals surface area contributed by atoms with E-state index in [-0.39, 0.29) is 5.97 Å². The van der Waals surface area contributed by atoms with E-state index in [9.17, 15) is 4.79 Å². The Morgan fingerprint density at radius 1 is 1.32 bits per heavy atom. The Morgan fingerprint density at radius 3 is 2.88 bits per heavy atom. The minimum atomic E-state index is -0.318. The van der Waals surface area contributed by atoms with Gasteiger partial charge < -0.3 is 9.64 Å². The molecule has 0 N–H and O–H groups in total. The molecule has 1 fully saturated rings. The topological polar surface area (TPSA) is 63.5 Å². The van der Waals surface area contributed by atoms with Crippen molar-refractivity contribution in [2.75, 3.05) is 37.7 Å². The maximum atomic E-state index is 12.5. The number of pyridine rings is 1. The highest BCUT2D eigenvalue weighted by atomic mass is 16.5. The van der Waals surface area contributed by atoms with Gasteiger partial charge in [0.05, 0.1) is 23.9 Å². The molecule has 7 heteroatoms. The number of rotatable bonds is 4. The number of fused-ring (bicyclic) bond motifs is 1. The third-order valence-electron chi connectivity index (χ3n) is 5.07. The molecule has 132 valence electrons. The number of ether oxygens (including phenoxy) is 1. The van der Waals surface area contributed by atoms with E-state index in [1.54, 1.807) is 17.1 Å². The molecule has 2 aromatic rings. The summed E-state index contributed by atoms with van der Waals surface area (Å²) in [6, 6.07) is 0.505. The van der Waals surface area contributed by atoms with Crippen molar-refractivity contribution in [1.82, 2.24) is 19.7 Å². The molecule has 1 unspecified atom stereocenters. The fourth-order valence-electron chi connectivity index (χ4n) is 3.82. The summed E-state index contributed by atoms with van der Waals surface area (Å²) in [6.07, 6.45) is 8.96. The highest BCUT2D eigenvalue weighted by molar-refractivity contribution is 6.04. The molecule has 2 aromatic heterocycles. The monoisotopic (exact) mass is 341 g/mol. The third kappa shape index (κ3) is 2.78. The zero-order valence-electron chi connectivity index (χ0n) is 14.7. The van der Waals surface area contributed by atoms with Crippen LogP contribution in [-0.2, 0) is 11.8 Å². The summed E-state index contributed by atoms with van der Waals surface area (Å²) < 4.78 is 7.00.